The first-order valence-corrected chi connectivity index (χ1v) is 9.71. The standard InChI is InChI=1S/C22H16Cl2N2O2/c23-14-7-5-13(6-8-14)18-12-19-16-3-1-2-4-21(16)28-22(26(19)25-18)17-11-15(24)9-10-20(17)27/h1-11,19,22,27H,12H2/t19-,22-/m1/s1. The predicted molar refractivity (Wildman–Crippen MR) is 110 cm³/mol. The zero-order valence-electron chi connectivity index (χ0n) is 14.7. The summed E-state index contributed by atoms with van der Waals surface area (Å²) in [5.74, 6) is 0.920. The Kier molecular flexibility index (Phi) is 4.18. The van der Waals surface area contributed by atoms with E-state index in [-0.39, 0.29) is 11.8 Å². The monoisotopic (exact) mass is 410 g/mol. The summed E-state index contributed by atoms with van der Waals surface area (Å²) in [4.78, 5) is 0. The fourth-order valence-corrected chi connectivity index (χ4v) is 4.09. The molecule has 28 heavy (non-hydrogen) atoms. The maximum absolute atomic E-state index is 10.4. The van der Waals surface area contributed by atoms with Crippen LogP contribution in [0, 0.1) is 0 Å². The molecule has 0 aromatic heterocycles. The molecule has 0 spiro atoms. The van der Waals surface area contributed by atoms with E-state index in [2.05, 4.69) is 6.07 Å². The van der Waals surface area contributed by atoms with Gasteiger partial charge in [-0.1, -0.05) is 53.5 Å². The molecule has 0 radical (unpaired) electrons. The summed E-state index contributed by atoms with van der Waals surface area (Å²) < 4.78 is 6.25. The molecule has 2 atom stereocenters. The number of aromatic hydroxyl groups is 1. The molecule has 140 valence electrons. The Hall–Kier alpha value is -2.69. The summed E-state index contributed by atoms with van der Waals surface area (Å²) in [7, 11) is 0. The summed E-state index contributed by atoms with van der Waals surface area (Å²) in [6.07, 6.45) is 0.170. The minimum absolute atomic E-state index is 0.0130. The third-order valence-corrected chi connectivity index (χ3v) is 5.62. The van der Waals surface area contributed by atoms with Gasteiger partial charge in [0.2, 0.25) is 6.23 Å². The molecular formula is C22H16Cl2N2O2. The number of fused-ring (bicyclic) bond motifs is 3. The van der Waals surface area contributed by atoms with Gasteiger partial charge in [-0.15, -0.1) is 0 Å². The topological polar surface area (TPSA) is 45.1 Å². The maximum Gasteiger partial charge on any atom is 0.217 e. The quantitative estimate of drug-likeness (QED) is 0.568. The second kappa shape index (κ2) is 6.73. The molecule has 2 aliphatic rings. The number of hydrazone groups is 1. The van der Waals surface area contributed by atoms with Crippen molar-refractivity contribution in [3.8, 4) is 11.5 Å². The second-order valence-electron chi connectivity index (χ2n) is 6.86. The lowest BCUT2D eigenvalue weighted by molar-refractivity contribution is -0.0203. The minimum atomic E-state index is -0.566. The largest absolute Gasteiger partial charge is 0.507 e. The SMILES string of the molecule is Oc1ccc(Cl)cc1[C@H]1Oc2ccccc2[C@H]2CC(c3ccc(Cl)cc3)=NN21. The number of nitrogens with zero attached hydrogens (tertiary/aromatic N) is 2. The molecule has 2 aliphatic heterocycles. The molecule has 0 unspecified atom stereocenters. The third kappa shape index (κ3) is 2.89. The van der Waals surface area contributed by atoms with Crippen LogP contribution in [0.4, 0.5) is 0 Å². The lowest BCUT2D eigenvalue weighted by atomic mass is 9.96. The van der Waals surface area contributed by atoms with Gasteiger partial charge < -0.3 is 9.84 Å². The van der Waals surface area contributed by atoms with Gasteiger partial charge >= 0.3 is 0 Å². The van der Waals surface area contributed by atoms with Crippen molar-refractivity contribution in [2.24, 2.45) is 5.10 Å². The number of phenols is 1. The van der Waals surface area contributed by atoms with E-state index >= 15 is 0 Å². The molecule has 5 rings (SSSR count). The van der Waals surface area contributed by atoms with Gasteiger partial charge in [0.05, 0.1) is 17.3 Å². The van der Waals surface area contributed by atoms with E-state index in [1.54, 1.807) is 18.2 Å². The Labute approximate surface area is 172 Å². The first kappa shape index (κ1) is 17.4. The predicted octanol–water partition coefficient (Wildman–Crippen LogP) is 5.94. The Morgan fingerprint density at radius 2 is 1.68 bits per heavy atom. The first-order valence-electron chi connectivity index (χ1n) is 8.96. The molecule has 3 aromatic rings. The molecule has 0 amide bonds. The number of halogens is 2. The van der Waals surface area contributed by atoms with E-state index in [1.165, 1.54) is 0 Å². The average molecular weight is 411 g/mol. The van der Waals surface area contributed by atoms with Crippen LogP contribution >= 0.6 is 23.2 Å². The van der Waals surface area contributed by atoms with Gasteiger partial charge in [-0.2, -0.15) is 5.10 Å². The molecule has 0 saturated heterocycles. The minimum Gasteiger partial charge on any atom is -0.507 e. The third-order valence-electron chi connectivity index (χ3n) is 5.13. The fourth-order valence-electron chi connectivity index (χ4n) is 3.78. The highest BCUT2D eigenvalue weighted by atomic mass is 35.5. The van der Waals surface area contributed by atoms with Crippen LogP contribution in [-0.4, -0.2) is 15.8 Å². The van der Waals surface area contributed by atoms with Gasteiger partial charge in [0.15, 0.2) is 0 Å². The maximum atomic E-state index is 10.4. The van der Waals surface area contributed by atoms with E-state index in [0.717, 1.165) is 29.0 Å². The highest BCUT2D eigenvalue weighted by molar-refractivity contribution is 6.31. The number of phenolic OH excluding ortho intramolecular Hbond substituents is 1. The molecule has 0 aliphatic carbocycles. The zero-order chi connectivity index (χ0) is 19.3. The van der Waals surface area contributed by atoms with Crippen molar-refractivity contribution < 1.29 is 9.84 Å². The lowest BCUT2D eigenvalue weighted by Crippen LogP contribution is -2.33. The highest BCUT2D eigenvalue weighted by Gasteiger charge is 2.41. The fraction of sp³-hybridized carbons (Fsp3) is 0.136. The van der Waals surface area contributed by atoms with Crippen molar-refractivity contribution in [2.75, 3.05) is 0 Å². The summed E-state index contributed by atoms with van der Waals surface area (Å²) in [5, 5.41) is 18.4. The summed E-state index contributed by atoms with van der Waals surface area (Å²) in [5.41, 5.74) is 3.64. The summed E-state index contributed by atoms with van der Waals surface area (Å²) in [6.45, 7) is 0. The Morgan fingerprint density at radius 1 is 0.929 bits per heavy atom. The van der Waals surface area contributed by atoms with E-state index in [4.69, 9.17) is 33.0 Å². The zero-order valence-corrected chi connectivity index (χ0v) is 16.2. The molecular weight excluding hydrogens is 395 g/mol. The van der Waals surface area contributed by atoms with Crippen LogP contribution in [0.15, 0.2) is 71.8 Å². The smallest absolute Gasteiger partial charge is 0.217 e. The van der Waals surface area contributed by atoms with Crippen LogP contribution in [0.25, 0.3) is 0 Å². The average Bonchev–Trinajstić information content (AvgIpc) is 3.15. The van der Waals surface area contributed by atoms with Crippen molar-refractivity contribution in [2.45, 2.75) is 18.7 Å². The van der Waals surface area contributed by atoms with Crippen LogP contribution in [0.2, 0.25) is 10.0 Å². The molecule has 3 aromatic carbocycles. The number of para-hydroxylation sites is 1. The van der Waals surface area contributed by atoms with Crippen LogP contribution in [0.3, 0.4) is 0 Å². The highest BCUT2D eigenvalue weighted by Crippen LogP contribution is 2.48. The van der Waals surface area contributed by atoms with Gasteiger partial charge in [0, 0.05) is 22.0 Å². The normalized spacial score (nSPS) is 20.2. The van der Waals surface area contributed by atoms with Gasteiger partial charge in [0.25, 0.3) is 0 Å². The van der Waals surface area contributed by atoms with Crippen molar-refractivity contribution in [1.82, 2.24) is 5.01 Å². The van der Waals surface area contributed by atoms with Gasteiger partial charge in [-0.25, -0.2) is 5.01 Å². The Balaban J connectivity index is 1.62. The molecule has 0 fully saturated rings. The Morgan fingerprint density at radius 3 is 2.50 bits per heavy atom. The number of hydrogen-bond acceptors (Lipinski definition) is 4. The number of hydrogen-bond donors (Lipinski definition) is 1. The molecule has 1 N–H and O–H groups in total. The second-order valence-corrected chi connectivity index (χ2v) is 7.74. The van der Waals surface area contributed by atoms with Gasteiger partial charge in [-0.05, 0) is 42.0 Å². The van der Waals surface area contributed by atoms with E-state index in [0.29, 0.717) is 15.6 Å². The van der Waals surface area contributed by atoms with Crippen LogP contribution in [0.5, 0.6) is 11.5 Å². The molecule has 4 nitrogen and oxygen atoms in total. The number of ether oxygens (including phenoxy) is 1. The summed E-state index contributed by atoms with van der Waals surface area (Å²) in [6, 6.07) is 20.6. The summed E-state index contributed by atoms with van der Waals surface area (Å²) >= 11 is 12.2. The van der Waals surface area contributed by atoms with Crippen molar-refractivity contribution in [1.29, 1.82) is 0 Å². The van der Waals surface area contributed by atoms with Crippen LogP contribution in [-0.2, 0) is 0 Å². The van der Waals surface area contributed by atoms with Crippen LogP contribution in [0.1, 0.15) is 35.4 Å². The molecule has 0 bridgehead atoms. The van der Waals surface area contributed by atoms with Crippen molar-refractivity contribution >= 4 is 28.9 Å². The van der Waals surface area contributed by atoms with Crippen molar-refractivity contribution in [3.05, 3.63) is 93.5 Å². The van der Waals surface area contributed by atoms with E-state index < -0.39 is 6.23 Å². The van der Waals surface area contributed by atoms with Gasteiger partial charge in [0.1, 0.15) is 11.5 Å². The number of rotatable bonds is 2. The first-order chi connectivity index (χ1) is 13.6. The van der Waals surface area contributed by atoms with Crippen molar-refractivity contribution in [3.63, 3.8) is 0 Å². The molecule has 6 heteroatoms. The van der Waals surface area contributed by atoms with Crippen LogP contribution < -0.4 is 4.74 Å². The van der Waals surface area contributed by atoms with E-state index in [1.807, 2.05) is 47.5 Å². The molecule has 0 saturated carbocycles. The lowest BCUT2D eigenvalue weighted by Gasteiger charge is -2.38. The number of benzene rings is 3. The van der Waals surface area contributed by atoms with Gasteiger partial charge in [-0.3, -0.25) is 0 Å². The Bertz CT molecular complexity index is 1080. The van der Waals surface area contributed by atoms with E-state index in [9.17, 15) is 5.11 Å². The molecule has 2 heterocycles.